The van der Waals surface area contributed by atoms with Gasteiger partial charge in [-0.2, -0.15) is 0 Å². The summed E-state index contributed by atoms with van der Waals surface area (Å²) in [5, 5.41) is 0. The summed E-state index contributed by atoms with van der Waals surface area (Å²) in [5.41, 5.74) is 11.5. The zero-order valence-electron chi connectivity index (χ0n) is 46.2. The minimum Gasteiger partial charge on any atom is -0.490 e. The summed E-state index contributed by atoms with van der Waals surface area (Å²) in [6, 6.07) is 4.45. The Bertz CT molecular complexity index is 3030. The van der Waals surface area contributed by atoms with Crippen LogP contribution in [0, 0.1) is 65.9 Å². The first-order valence-electron chi connectivity index (χ1n) is 25.7. The molecule has 0 saturated carbocycles. The largest absolute Gasteiger partial charge is 0.490 e. The standard InChI is InChI=1S/C35H41F2NO5.C25H31BrFNO4/c1-18-22-11-9-13-41-32(22)26(36)15-24(18)29-20(3)38-21(4)30(34(28(39)17-40-8)43-35(5,6)7)31(29)25-16-27(37)33-23(19(25)2)12-10-14-42-33;1-13-16-9-8-10-31-23(16)18(27)11-17(13)21-20(14(2)28-15(3)22(21)26)24(19(29)12-30-7)32-25(4,5)6/h15-16,34H,9-14,17H2,1-8H3;11,24H,8-10,12H2,1-7H3/t34-;24-/m11/s1. The van der Waals surface area contributed by atoms with Gasteiger partial charge in [0.25, 0.3) is 0 Å². The highest BCUT2D eigenvalue weighted by Crippen LogP contribution is 2.50. The number of fused-ring (bicyclic) bond motifs is 3. The second-order valence-corrected chi connectivity index (χ2v) is 22.5. The lowest BCUT2D eigenvalue weighted by Gasteiger charge is -2.32. The number of ketones is 2. The maximum Gasteiger partial charge on any atom is 0.191 e. The number of benzene rings is 3. The van der Waals surface area contributed by atoms with Gasteiger partial charge < -0.3 is 33.2 Å². The average Bonchev–Trinajstić information content (AvgIpc) is 3.34. The van der Waals surface area contributed by atoms with E-state index in [1.54, 1.807) is 0 Å². The third-order valence-corrected chi connectivity index (χ3v) is 14.9. The number of nitrogens with zero attached hydrogens (tertiary/aromatic N) is 2. The maximum absolute atomic E-state index is 15.8. The molecular formula is C60H72BrF3N2O9. The number of aryl methyl sites for hydroxylation is 4. The number of hydrogen-bond acceptors (Lipinski definition) is 11. The minimum absolute atomic E-state index is 0.101. The van der Waals surface area contributed by atoms with E-state index in [1.807, 2.05) is 90.0 Å². The van der Waals surface area contributed by atoms with Crippen LogP contribution < -0.4 is 14.2 Å². The van der Waals surface area contributed by atoms with E-state index in [-0.39, 0.29) is 36.3 Å². The Balaban J connectivity index is 0.000000229. The van der Waals surface area contributed by atoms with Crippen molar-refractivity contribution in [3.8, 4) is 50.6 Å². The predicted octanol–water partition coefficient (Wildman–Crippen LogP) is 13.6. The van der Waals surface area contributed by atoms with Crippen LogP contribution in [0.4, 0.5) is 13.2 Å². The molecule has 2 atom stereocenters. The van der Waals surface area contributed by atoms with Gasteiger partial charge in [-0.25, -0.2) is 13.2 Å². The van der Waals surface area contributed by atoms with Crippen LogP contribution >= 0.6 is 15.9 Å². The molecule has 2 aromatic heterocycles. The van der Waals surface area contributed by atoms with E-state index in [0.717, 1.165) is 70.3 Å². The van der Waals surface area contributed by atoms with Crippen LogP contribution in [0.15, 0.2) is 22.7 Å². The molecule has 0 N–H and O–H groups in total. The van der Waals surface area contributed by atoms with Crippen LogP contribution in [0.1, 0.15) is 140 Å². The summed E-state index contributed by atoms with van der Waals surface area (Å²) in [6.07, 6.45) is 2.48. The second kappa shape index (κ2) is 23.2. The molecule has 5 heterocycles. The lowest BCUT2D eigenvalue weighted by molar-refractivity contribution is -0.145. The Morgan fingerprint density at radius 2 is 0.880 bits per heavy atom. The molecule has 0 radical (unpaired) electrons. The molecular weight excluding hydrogens is 1030 g/mol. The van der Waals surface area contributed by atoms with Crippen LogP contribution in [0.2, 0.25) is 0 Å². The quantitative estimate of drug-likeness (QED) is 0.112. The van der Waals surface area contributed by atoms with Crippen LogP contribution in [0.5, 0.6) is 17.2 Å². The maximum atomic E-state index is 15.8. The van der Waals surface area contributed by atoms with Crippen molar-refractivity contribution in [3.05, 3.63) is 107 Å². The highest BCUT2D eigenvalue weighted by molar-refractivity contribution is 9.10. The van der Waals surface area contributed by atoms with Gasteiger partial charge in [-0.3, -0.25) is 19.6 Å². The summed E-state index contributed by atoms with van der Waals surface area (Å²) in [5.74, 6) is -0.964. The predicted molar refractivity (Wildman–Crippen MR) is 288 cm³/mol. The molecule has 0 fully saturated rings. The molecule has 15 heteroatoms. The highest BCUT2D eigenvalue weighted by atomic mass is 79.9. The molecule has 5 aromatic rings. The summed E-state index contributed by atoms with van der Waals surface area (Å²) in [6.45, 7) is 25.8. The molecule has 3 aromatic carbocycles. The van der Waals surface area contributed by atoms with Gasteiger partial charge in [0.1, 0.15) is 25.4 Å². The van der Waals surface area contributed by atoms with Crippen molar-refractivity contribution in [1.29, 1.82) is 0 Å². The number of rotatable bonds is 13. The number of aromatic nitrogens is 2. The van der Waals surface area contributed by atoms with E-state index in [2.05, 4.69) is 20.9 Å². The summed E-state index contributed by atoms with van der Waals surface area (Å²) in [4.78, 5) is 36.5. The van der Waals surface area contributed by atoms with Crippen molar-refractivity contribution in [2.75, 3.05) is 47.3 Å². The summed E-state index contributed by atoms with van der Waals surface area (Å²) < 4.78 is 87.6. The monoisotopic (exact) mass is 1100 g/mol. The molecule has 8 rings (SSSR count). The summed E-state index contributed by atoms with van der Waals surface area (Å²) >= 11 is 3.68. The van der Waals surface area contributed by atoms with E-state index in [9.17, 15) is 9.59 Å². The molecule has 0 spiro atoms. The molecule has 404 valence electrons. The van der Waals surface area contributed by atoms with Crippen LogP contribution in [0.25, 0.3) is 33.4 Å². The lowest BCUT2D eigenvalue weighted by atomic mass is 9.80. The van der Waals surface area contributed by atoms with Gasteiger partial charge in [-0.05, 0) is 202 Å². The Morgan fingerprint density at radius 3 is 1.24 bits per heavy atom. The normalized spacial score (nSPS) is 15.0. The Kier molecular flexibility index (Phi) is 17.8. The molecule has 11 nitrogen and oxygen atoms in total. The number of carbonyl (C=O) groups excluding carboxylic acids is 2. The molecule has 3 aliphatic rings. The van der Waals surface area contributed by atoms with Gasteiger partial charge in [0.15, 0.2) is 46.3 Å². The molecule has 0 bridgehead atoms. The van der Waals surface area contributed by atoms with E-state index in [0.29, 0.717) is 98.9 Å². The van der Waals surface area contributed by atoms with Crippen molar-refractivity contribution in [3.63, 3.8) is 0 Å². The molecule has 0 saturated heterocycles. The smallest absolute Gasteiger partial charge is 0.191 e. The van der Waals surface area contributed by atoms with Gasteiger partial charge in [0, 0.05) is 74.7 Å². The van der Waals surface area contributed by atoms with Gasteiger partial charge in [0.2, 0.25) is 0 Å². The first kappa shape index (κ1) is 57.5. The zero-order valence-corrected chi connectivity index (χ0v) is 47.8. The number of methoxy groups -OCH3 is 2. The van der Waals surface area contributed by atoms with Crippen molar-refractivity contribution < 1.29 is 55.9 Å². The summed E-state index contributed by atoms with van der Waals surface area (Å²) in [7, 11) is 2.94. The van der Waals surface area contributed by atoms with Gasteiger partial charge >= 0.3 is 0 Å². The van der Waals surface area contributed by atoms with E-state index >= 15 is 13.2 Å². The molecule has 0 amide bonds. The fourth-order valence-corrected chi connectivity index (χ4v) is 11.2. The van der Waals surface area contributed by atoms with Crippen molar-refractivity contribution >= 4 is 27.5 Å². The fraction of sp³-hybridized carbons (Fsp3) is 0.500. The van der Waals surface area contributed by atoms with Crippen molar-refractivity contribution in [1.82, 2.24) is 9.97 Å². The van der Waals surface area contributed by atoms with E-state index in [4.69, 9.17) is 38.1 Å². The second-order valence-electron chi connectivity index (χ2n) is 21.7. The Hall–Kier alpha value is -5.19. The van der Waals surface area contributed by atoms with Gasteiger partial charge in [-0.1, -0.05) is 0 Å². The number of ether oxygens (including phenoxy) is 7. The topological polar surface area (TPSA) is 125 Å². The fourth-order valence-electron chi connectivity index (χ4n) is 10.7. The van der Waals surface area contributed by atoms with Crippen molar-refractivity contribution in [2.45, 2.75) is 152 Å². The lowest BCUT2D eigenvalue weighted by Crippen LogP contribution is -2.30. The number of Topliss-reactive ketones (excluding diaryl/α,β-unsaturated/α-hetero) is 2. The third kappa shape index (κ3) is 12.0. The van der Waals surface area contributed by atoms with Crippen LogP contribution in [-0.2, 0) is 47.8 Å². The highest BCUT2D eigenvalue weighted by Gasteiger charge is 2.37. The first-order chi connectivity index (χ1) is 35.3. The molecule has 75 heavy (non-hydrogen) atoms. The number of carbonyl (C=O) groups is 2. The number of pyridine rings is 2. The van der Waals surface area contributed by atoms with Gasteiger partial charge in [0.05, 0.1) is 36.7 Å². The third-order valence-electron chi connectivity index (χ3n) is 13.9. The molecule has 0 aliphatic carbocycles. The Labute approximate surface area is 448 Å². The van der Waals surface area contributed by atoms with Crippen molar-refractivity contribution in [2.24, 2.45) is 0 Å². The van der Waals surface area contributed by atoms with Gasteiger partial charge in [-0.15, -0.1) is 0 Å². The zero-order chi connectivity index (χ0) is 55.0. The SMILES string of the molecule is COCC(=O)[C@@H](OC(C)(C)C)c1c(C)nc(C)c(-c2cc(F)c3c(c2C)CCCO3)c1-c1cc(F)c2c(c1C)CCCO2.COCC(=O)[C@@H](OC(C)(C)C)c1c(C)nc(C)c(Br)c1-c1cc(F)c2c(c1C)CCCO2. The number of halogens is 4. The Morgan fingerprint density at radius 1 is 0.547 bits per heavy atom. The van der Waals surface area contributed by atoms with E-state index in [1.165, 1.54) is 32.4 Å². The van der Waals surface area contributed by atoms with E-state index < -0.39 is 40.9 Å². The number of hydrogen-bond donors (Lipinski definition) is 0. The van der Waals surface area contributed by atoms with Crippen LogP contribution in [-0.4, -0.2) is 80.0 Å². The average molecular weight is 1100 g/mol. The molecule has 3 aliphatic heterocycles. The van der Waals surface area contributed by atoms with Crippen LogP contribution in [0.3, 0.4) is 0 Å². The minimum atomic E-state index is -1.07. The molecule has 0 unspecified atom stereocenters. The first-order valence-corrected chi connectivity index (χ1v) is 26.5.